The Hall–Kier alpha value is -1.31. The predicted octanol–water partition coefficient (Wildman–Crippen LogP) is 1.81. The summed E-state index contributed by atoms with van der Waals surface area (Å²) in [5.74, 6) is 0.116. The zero-order chi connectivity index (χ0) is 9.40. The van der Waals surface area contributed by atoms with Crippen LogP contribution in [-0.2, 0) is 4.79 Å². The zero-order valence-corrected chi connectivity index (χ0v) is 7.63. The van der Waals surface area contributed by atoms with Crippen LogP contribution >= 0.6 is 0 Å². The second-order valence-corrected chi connectivity index (χ2v) is 2.25. The van der Waals surface area contributed by atoms with Crippen molar-refractivity contribution in [3.05, 3.63) is 36.6 Å². The van der Waals surface area contributed by atoms with Crippen molar-refractivity contribution in [3.63, 3.8) is 0 Å². The molecule has 0 aromatic carbocycles. The van der Waals surface area contributed by atoms with Crippen molar-refractivity contribution in [2.75, 3.05) is 7.05 Å². The average molecular weight is 165 g/mol. The highest BCUT2D eigenvalue weighted by atomic mass is 16.1. The van der Waals surface area contributed by atoms with Gasteiger partial charge in [-0.15, -0.1) is 0 Å². The second-order valence-electron chi connectivity index (χ2n) is 2.25. The molecule has 12 heavy (non-hydrogen) atoms. The Bertz CT molecular complexity index is 214. The maximum Gasteiger partial charge on any atom is 0.162 e. The van der Waals surface area contributed by atoms with Crippen LogP contribution in [0.1, 0.15) is 13.3 Å². The Morgan fingerprint density at radius 2 is 2.25 bits per heavy atom. The van der Waals surface area contributed by atoms with E-state index in [9.17, 15) is 4.79 Å². The summed E-state index contributed by atoms with van der Waals surface area (Å²) in [5, 5.41) is 2.83. The van der Waals surface area contributed by atoms with Crippen LogP contribution in [0.2, 0.25) is 0 Å². The van der Waals surface area contributed by atoms with E-state index in [4.69, 9.17) is 0 Å². The quantitative estimate of drug-likeness (QED) is 0.497. The predicted molar refractivity (Wildman–Crippen MR) is 51.8 cm³/mol. The molecular weight excluding hydrogens is 150 g/mol. The zero-order valence-electron chi connectivity index (χ0n) is 7.63. The van der Waals surface area contributed by atoms with Gasteiger partial charge in [0, 0.05) is 19.0 Å². The fourth-order valence-corrected chi connectivity index (χ4v) is 0.727. The van der Waals surface area contributed by atoms with Crippen LogP contribution in [0.4, 0.5) is 0 Å². The van der Waals surface area contributed by atoms with Crippen molar-refractivity contribution in [3.8, 4) is 0 Å². The summed E-state index contributed by atoms with van der Waals surface area (Å²) in [6, 6.07) is 0. The molecule has 2 heteroatoms. The molecule has 0 heterocycles. The summed E-state index contributed by atoms with van der Waals surface area (Å²) in [6.45, 7) is 5.40. The first-order valence-electron chi connectivity index (χ1n) is 3.96. The first-order chi connectivity index (χ1) is 5.76. The van der Waals surface area contributed by atoms with E-state index >= 15 is 0 Å². The number of carbonyl (C=O) groups excluding carboxylic acids is 1. The highest BCUT2D eigenvalue weighted by molar-refractivity contribution is 5.97. The summed E-state index contributed by atoms with van der Waals surface area (Å²) < 4.78 is 0. The van der Waals surface area contributed by atoms with E-state index in [0.29, 0.717) is 12.0 Å². The lowest BCUT2D eigenvalue weighted by molar-refractivity contribution is -0.114. The van der Waals surface area contributed by atoms with Crippen molar-refractivity contribution in [1.29, 1.82) is 0 Å². The monoisotopic (exact) mass is 165 g/mol. The van der Waals surface area contributed by atoms with Crippen molar-refractivity contribution < 1.29 is 4.79 Å². The molecule has 0 atom stereocenters. The lowest BCUT2D eigenvalue weighted by Gasteiger charge is -1.94. The third-order valence-electron chi connectivity index (χ3n) is 1.40. The fourth-order valence-electron chi connectivity index (χ4n) is 0.727. The minimum absolute atomic E-state index is 0.116. The first kappa shape index (κ1) is 10.7. The van der Waals surface area contributed by atoms with Crippen LogP contribution in [0.5, 0.6) is 0 Å². The van der Waals surface area contributed by atoms with Gasteiger partial charge in [-0.25, -0.2) is 0 Å². The second kappa shape index (κ2) is 6.40. The standard InChI is InChI=1S/C10H15NO/c1-4-9(10(12)5-2)7-6-8-11-3/h4,6-8,11H,1,5H2,2-3H3/b8-6-,9-7+. The van der Waals surface area contributed by atoms with Crippen LogP contribution < -0.4 is 5.32 Å². The summed E-state index contributed by atoms with van der Waals surface area (Å²) in [5.41, 5.74) is 0.656. The summed E-state index contributed by atoms with van der Waals surface area (Å²) in [7, 11) is 1.81. The molecule has 1 N–H and O–H groups in total. The van der Waals surface area contributed by atoms with Crippen molar-refractivity contribution in [1.82, 2.24) is 5.32 Å². The Morgan fingerprint density at radius 1 is 1.58 bits per heavy atom. The van der Waals surface area contributed by atoms with E-state index in [1.54, 1.807) is 31.5 Å². The number of allylic oxidation sites excluding steroid dienone is 4. The molecule has 0 unspecified atom stereocenters. The maximum atomic E-state index is 11.1. The van der Waals surface area contributed by atoms with E-state index in [1.165, 1.54) is 0 Å². The molecule has 66 valence electrons. The third-order valence-corrected chi connectivity index (χ3v) is 1.40. The van der Waals surface area contributed by atoms with Crippen LogP contribution in [0.15, 0.2) is 36.6 Å². The summed E-state index contributed by atoms with van der Waals surface area (Å²) in [6.07, 6.45) is 7.38. The highest BCUT2D eigenvalue weighted by Crippen LogP contribution is 2.00. The molecule has 0 saturated carbocycles. The van der Waals surface area contributed by atoms with E-state index in [1.807, 2.05) is 6.92 Å². The summed E-state index contributed by atoms with van der Waals surface area (Å²) >= 11 is 0. The van der Waals surface area contributed by atoms with Gasteiger partial charge in [0.1, 0.15) is 0 Å². The van der Waals surface area contributed by atoms with Gasteiger partial charge in [-0.1, -0.05) is 25.7 Å². The van der Waals surface area contributed by atoms with Gasteiger partial charge in [-0.05, 0) is 12.3 Å². The number of rotatable bonds is 5. The van der Waals surface area contributed by atoms with Gasteiger partial charge < -0.3 is 5.32 Å². The lowest BCUT2D eigenvalue weighted by atomic mass is 10.1. The van der Waals surface area contributed by atoms with Crippen molar-refractivity contribution in [2.45, 2.75) is 13.3 Å². The van der Waals surface area contributed by atoms with Crippen molar-refractivity contribution >= 4 is 5.78 Å². The van der Waals surface area contributed by atoms with Gasteiger partial charge in [-0.2, -0.15) is 0 Å². The molecule has 0 aliphatic heterocycles. The maximum absolute atomic E-state index is 11.1. The van der Waals surface area contributed by atoms with E-state index < -0.39 is 0 Å². The molecule has 0 bridgehead atoms. The van der Waals surface area contributed by atoms with Gasteiger partial charge in [0.05, 0.1) is 0 Å². The Balaban J connectivity index is 4.32. The number of Topliss-reactive ketones (excluding diaryl/α,β-unsaturated/α-hetero) is 1. The highest BCUT2D eigenvalue weighted by Gasteiger charge is 1.99. The Kier molecular flexibility index (Phi) is 5.70. The number of nitrogens with one attached hydrogen (secondary N) is 1. The van der Waals surface area contributed by atoms with E-state index in [-0.39, 0.29) is 5.78 Å². The SMILES string of the molecule is C=C/C(=C\C=C/NC)C(=O)CC. The number of hydrogen-bond acceptors (Lipinski definition) is 2. The van der Waals surface area contributed by atoms with Gasteiger partial charge in [0.15, 0.2) is 5.78 Å². The lowest BCUT2D eigenvalue weighted by Crippen LogP contribution is -1.97. The average Bonchev–Trinajstić information content (AvgIpc) is 2.11. The van der Waals surface area contributed by atoms with Gasteiger partial charge in [-0.3, -0.25) is 4.79 Å². The molecule has 0 aromatic rings. The van der Waals surface area contributed by atoms with Crippen LogP contribution in [0.3, 0.4) is 0 Å². The molecule has 0 rings (SSSR count). The molecule has 0 radical (unpaired) electrons. The van der Waals surface area contributed by atoms with Crippen LogP contribution in [0, 0.1) is 0 Å². The third kappa shape index (κ3) is 3.76. The Labute approximate surface area is 73.7 Å². The van der Waals surface area contributed by atoms with Crippen LogP contribution in [0.25, 0.3) is 0 Å². The minimum atomic E-state index is 0.116. The molecule has 0 aliphatic carbocycles. The number of hydrogen-bond donors (Lipinski definition) is 1. The fraction of sp³-hybridized carbons (Fsp3) is 0.300. The van der Waals surface area contributed by atoms with Gasteiger partial charge in [0.25, 0.3) is 0 Å². The van der Waals surface area contributed by atoms with Gasteiger partial charge in [0.2, 0.25) is 0 Å². The largest absolute Gasteiger partial charge is 0.394 e. The molecule has 0 saturated heterocycles. The molecule has 0 aliphatic rings. The van der Waals surface area contributed by atoms with E-state index in [2.05, 4.69) is 11.9 Å². The number of ketones is 1. The van der Waals surface area contributed by atoms with E-state index in [0.717, 1.165) is 0 Å². The van der Waals surface area contributed by atoms with Crippen molar-refractivity contribution in [2.24, 2.45) is 0 Å². The van der Waals surface area contributed by atoms with Gasteiger partial charge >= 0.3 is 0 Å². The molecule has 0 fully saturated rings. The molecule has 0 amide bonds. The molecule has 0 aromatic heterocycles. The number of carbonyl (C=O) groups is 1. The first-order valence-corrected chi connectivity index (χ1v) is 3.96. The molecular formula is C10H15NO. The smallest absolute Gasteiger partial charge is 0.162 e. The molecule has 0 spiro atoms. The van der Waals surface area contributed by atoms with Crippen LogP contribution in [-0.4, -0.2) is 12.8 Å². The Morgan fingerprint density at radius 3 is 2.67 bits per heavy atom. The molecule has 2 nitrogen and oxygen atoms in total. The topological polar surface area (TPSA) is 29.1 Å². The minimum Gasteiger partial charge on any atom is -0.394 e. The normalized spacial score (nSPS) is 11.7. The summed E-state index contributed by atoms with van der Waals surface area (Å²) in [4.78, 5) is 11.1.